The number of ether oxygens (including phenoxy) is 1. The maximum Gasteiger partial charge on any atom is 0.341 e. The van der Waals surface area contributed by atoms with Crippen molar-refractivity contribution in [1.82, 2.24) is 0 Å². The van der Waals surface area contributed by atoms with Crippen LogP contribution in [0.2, 0.25) is 5.02 Å². The first-order chi connectivity index (χ1) is 10.4. The molecule has 122 valence electrons. The van der Waals surface area contributed by atoms with Crippen LogP contribution in [0.5, 0.6) is 5.75 Å². The number of rotatable bonds is 9. The Kier molecular flexibility index (Phi) is 8.12. The van der Waals surface area contributed by atoms with Crippen LogP contribution in [0.4, 0.5) is 5.69 Å². The molecule has 0 aliphatic heterocycles. The van der Waals surface area contributed by atoms with Crippen LogP contribution in [0.25, 0.3) is 0 Å². The van der Waals surface area contributed by atoms with Crippen molar-refractivity contribution in [3.63, 3.8) is 0 Å². The molecule has 1 rings (SSSR count). The summed E-state index contributed by atoms with van der Waals surface area (Å²) in [5.74, 6) is 0.0588. The second-order valence-electron chi connectivity index (χ2n) is 4.68. The fraction of sp³-hybridized carbons (Fsp3) is 0.467. The highest BCUT2D eigenvalue weighted by Crippen LogP contribution is 2.28. The molecule has 1 atom stereocenters. The molecular weight excluding hydrogens is 326 g/mol. The lowest BCUT2D eigenvalue weighted by atomic mass is 10.3. The van der Waals surface area contributed by atoms with Gasteiger partial charge in [-0.15, -0.1) is 11.8 Å². The third-order valence-electron chi connectivity index (χ3n) is 2.79. The number of hydrogen-bond acceptors (Lipinski definition) is 4. The van der Waals surface area contributed by atoms with Crippen LogP contribution in [0.3, 0.4) is 0 Å². The van der Waals surface area contributed by atoms with Gasteiger partial charge in [-0.3, -0.25) is 4.79 Å². The molecule has 0 aliphatic carbocycles. The van der Waals surface area contributed by atoms with Crippen molar-refractivity contribution in [3.8, 4) is 5.75 Å². The Labute approximate surface area is 139 Å². The Hall–Kier alpha value is -1.40. The van der Waals surface area contributed by atoms with Gasteiger partial charge in [0.05, 0.1) is 10.3 Å². The number of carbonyl (C=O) groups excluding carboxylic acids is 1. The van der Waals surface area contributed by atoms with E-state index in [1.165, 1.54) is 6.07 Å². The fourth-order valence-corrected chi connectivity index (χ4v) is 2.81. The van der Waals surface area contributed by atoms with E-state index < -0.39 is 12.6 Å². The van der Waals surface area contributed by atoms with Crippen LogP contribution in [0.15, 0.2) is 18.2 Å². The summed E-state index contributed by atoms with van der Waals surface area (Å²) in [6.45, 7) is 3.51. The van der Waals surface area contributed by atoms with Crippen LogP contribution in [0.1, 0.15) is 26.7 Å². The van der Waals surface area contributed by atoms with Crippen molar-refractivity contribution in [3.05, 3.63) is 23.2 Å². The van der Waals surface area contributed by atoms with E-state index in [4.69, 9.17) is 21.4 Å². The molecule has 0 saturated heterocycles. The number of carboxylic acids is 1. The Balaban J connectivity index is 2.57. The molecule has 0 radical (unpaired) electrons. The summed E-state index contributed by atoms with van der Waals surface area (Å²) in [5, 5.41) is 11.5. The number of amides is 1. The molecule has 0 aliphatic rings. The van der Waals surface area contributed by atoms with E-state index in [0.717, 1.165) is 18.6 Å². The smallest absolute Gasteiger partial charge is 0.341 e. The maximum absolute atomic E-state index is 12.0. The van der Waals surface area contributed by atoms with Crippen molar-refractivity contribution in [1.29, 1.82) is 0 Å². The van der Waals surface area contributed by atoms with Gasteiger partial charge in [-0.2, -0.15) is 0 Å². The third-order valence-corrected chi connectivity index (χ3v) is 4.32. The summed E-state index contributed by atoms with van der Waals surface area (Å²) in [4.78, 5) is 22.5. The molecular formula is C15H20ClNO4S. The Morgan fingerprint density at radius 3 is 2.77 bits per heavy atom. The topological polar surface area (TPSA) is 75.6 Å². The van der Waals surface area contributed by atoms with Crippen molar-refractivity contribution in [2.45, 2.75) is 31.9 Å². The standard InChI is InChI=1S/C15H20ClNO4S/c1-3-4-7-22-10(2)15(20)17-11-5-6-13(12(16)8-11)21-9-14(18)19/h5-6,8,10H,3-4,7,9H2,1-2H3,(H,17,20)(H,18,19). The highest BCUT2D eigenvalue weighted by molar-refractivity contribution is 8.00. The number of benzene rings is 1. The molecule has 1 aromatic carbocycles. The largest absolute Gasteiger partial charge is 0.480 e. The van der Waals surface area contributed by atoms with Gasteiger partial charge in [0.2, 0.25) is 5.91 Å². The van der Waals surface area contributed by atoms with Gasteiger partial charge in [0.15, 0.2) is 6.61 Å². The van der Waals surface area contributed by atoms with E-state index >= 15 is 0 Å². The lowest BCUT2D eigenvalue weighted by molar-refractivity contribution is -0.139. The van der Waals surface area contributed by atoms with E-state index in [2.05, 4.69) is 12.2 Å². The van der Waals surface area contributed by atoms with Gasteiger partial charge in [-0.25, -0.2) is 4.79 Å². The number of thioether (sulfide) groups is 1. The molecule has 0 aromatic heterocycles. The summed E-state index contributed by atoms with van der Waals surface area (Å²) < 4.78 is 5.02. The van der Waals surface area contributed by atoms with Crippen LogP contribution < -0.4 is 10.1 Å². The number of halogens is 1. The molecule has 5 nitrogen and oxygen atoms in total. The summed E-state index contributed by atoms with van der Waals surface area (Å²) >= 11 is 7.62. The normalized spacial score (nSPS) is 11.8. The van der Waals surface area contributed by atoms with Crippen LogP contribution in [-0.2, 0) is 9.59 Å². The van der Waals surface area contributed by atoms with Gasteiger partial charge in [-0.05, 0) is 37.3 Å². The summed E-state index contributed by atoms with van der Waals surface area (Å²) in [7, 11) is 0. The minimum absolute atomic E-state index is 0.0867. The minimum Gasteiger partial charge on any atom is -0.480 e. The highest BCUT2D eigenvalue weighted by Gasteiger charge is 2.14. The van der Waals surface area contributed by atoms with Gasteiger partial charge in [0, 0.05) is 5.69 Å². The Morgan fingerprint density at radius 1 is 1.45 bits per heavy atom. The second kappa shape index (κ2) is 9.58. The number of aliphatic carboxylic acids is 1. The first kappa shape index (κ1) is 18.6. The van der Waals surface area contributed by atoms with Crippen LogP contribution in [-0.4, -0.2) is 34.6 Å². The van der Waals surface area contributed by atoms with Gasteiger partial charge in [0.1, 0.15) is 5.75 Å². The van der Waals surface area contributed by atoms with Crippen molar-refractivity contribution >= 4 is 40.9 Å². The molecule has 0 heterocycles. The average Bonchev–Trinajstić information content (AvgIpc) is 2.46. The number of carbonyl (C=O) groups is 2. The number of carboxylic acid groups (broad SMARTS) is 1. The molecule has 1 amide bonds. The summed E-state index contributed by atoms with van der Waals surface area (Å²) in [6.07, 6.45) is 2.19. The minimum atomic E-state index is -1.08. The summed E-state index contributed by atoms with van der Waals surface area (Å²) in [6, 6.07) is 4.71. The third kappa shape index (κ3) is 6.58. The van der Waals surface area contributed by atoms with Gasteiger partial charge >= 0.3 is 5.97 Å². The lowest BCUT2D eigenvalue weighted by Gasteiger charge is -2.13. The average molecular weight is 346 g/mol. The number of anilines is 1. The summed E-state index contributed by atoms with van der Waals surface area (Å²) in [5.41, 5.74) is 0.556. The maximum atomic E-state index is 12.0. The van der Waals surface area contributed by atoms with E-state index in [9.17, 15) is 9.59 Å². The quantitative estimate of drug-likeness (QED) is 0.668. The zero-order valence-corrected chi connectivity index (χ0v) is 14.2. The predicted octanol–water partition coefficient (Wildman–Crippen LogP) is 3.66. The number of hydrogen-bond donors (Lipinski definition) is 2. The molecule has 1 unspecified atom stereocenters. The van der Waals surface area contributed by atoms with Crippen molar-refractivity contribution in [2.75, 3.05) is 17.7 Å². The first-order valence-corrected chi connectivity index (χ1v) is 8.43. The zero-order valence-electron chi connectivity index (χ0n) is 12.6. The zero-order chi connectivity index (χ0) is 16.5. The van der Waals surface area contributed by atoms with E-state index in [-0.39, 0.29) is 21.9 Å². The lowest BCUT2D eigenvalue weighted by Crippen LogP contribution is -2.22. The molecule has 0 bridgehead atoms. The SMILES string of the molecule is CCCCSC(C)C(=O)Nc1ccc(OCC(=O)O)c(Cl)c1. The van der Waals surface area contributed by atoms with Gasteiger partial charge < -0.3 is 15.2 Å². The van der Waals surface area contributed by atoms with Gasteiger partial charge in [0.25, 0.3) is 0 Å². The molecule has 0 fully saturated rings. The van der Waals surface area contributed by atoms with E-state index in [1.54, 1.807) is 23.9 Å². The first-order valence-electron chi connectivity index (χ1n) is 7.00. The Morgan fingerprint density at radius 2 is 2.18 bits per heavy atom. The monoisotopic (exact) mass is 345 g/mol. The predicted molar refractivity (Wildman–Crippen MR) is 90.0 cm³/mol. The second-order valence-corrected chi connectivity index (χ2v) is 6.54. The van der Waals surface area contributed by atoms with Crippen LogP contribution >= 0.6 is 23.4 Å². The van der Waals surface area contributed by atoms with E-state index in [0.29, 0.717) is 5.69 Å². The fourth-order valence-electron chi connectivity index (χ4n) is 1.56. The molecule has 1 aromatic rings. The molecule has 2 N–H and O–H groups in total. The molecule has 7 heteroatoms. The van der Waals surface area contributed by atoms with E-state index in [1.807, 2.05) is 6.92 Å². The molecule has 22 heavy (non-hydrogen) atoms. The van der Waals surface area contributed by atoms with Crippen LogP contribution in [0, 0.1) is 0 Å². The Bertz CT molecular complexity index is 524. The number of unbranched alkanes of at least 4 members (excludes halogenated alkanes) is 1. The number of nitrogens with one attached hydrogen (secondary N) is 1. The van der Waals surface area contributed by atoms with Gasteiger partial charge in [-0.1, -0.05) is 24.9 Å². The highest BCUT2D eigenvalue weighted by atomic mass is 35.5. The molecule has 0 spiro atoms. The molecule has 0 saturated carbocycles. The van der Waals surface area contributed by atoms with Crippen molar-refractivity contribution < 1.29 is 19.4 Å². The van der Waals surface area contributed by atoms with Crippen molar-refractivity contribution in [2.24, 2.45) is 0 Å².